The summed E-state index contributed by atoms with van der Waals surface area (Å²) in [5, 5.41) is 6.56. The summed E-state index contributed by atoms with van der Waals surface area (Å²) < 4.78 is 5.48. The zero-order valence-electron chi connectivity index (χ0n) is 12.4. The largest absolute Gasteiger partial charge is 0.380 e. The molecule has 4 heteroatoms. The highest BCUT2D eigenvalue weighted by atomic mass is 16.5. The first kappa shape index (κ1) is 17.2. The molecule has 0 spiro atoms. The Bertz CT molecular complexity index is 195. The summed E-state index contributed by atoms with van der Waals surface area (Å²) in [5.74, 6) is 0.880. The molecule has 0 aliphatic heterocycles. The first-order valence-corrected chi connectivity index (χ1v) is 7.37. The number of aliphatic imine (C=N–C) groups is 1. The molecule has 0 rings (SSSR count). The molecule has 2 N–H and O–H groups in total. The highest BCUT2D eigenvalue weighted by Gasteiger charge is 1.96. The molecule has 0 aliphatic rings. The van der Waals surface area contributed by atoms with Gasteiger partial charge >= 0.3 is 0 Å². The zero-order chi connectivity index (χ0) is 13.5. The Kier molecular flexibility index (Phi) is 13.7. The first-order chi connectivity index (χ1) is 8.85. The summed E-state index contributed by atoms with van der Waals surface area (Å²) >= 11 is 0. The standard InChI is InChI=1S/C14H31N3O/c1-4-6-8-9-10-16-14(15-3)17-11-13-18-12-7-5-2/h4-13H2,1-3H3,(H2,15,16,17). The van der Waals surface area contributed by atoms with Crippen molar-refractivity contribution in [1.82, 2.24) is 10.6 Å². The number of hydrogen-bond donors (Lipinski definition) is 2. The van der Waals surface area contributed by atoms with E-state index in [-0.39, 0.29) is 0 Å². The van der Waals surface area contributed by atoms with Crippen molar-refractivity contribution in [3.63, 3.8) is 0 Å². The lowest BCUT2D eigenvalue weighted by Gasteiger charge is -2.11. The molecule has 0 aromatic rings. The minimum absolute atomic E-state index is 0.747. The molecule has 0 atom stereocenters. The van der Waals surface area contributed by atoms with Crippen molar-refractivity contribution < 1.29 is 4.74 Å². The molecule has 0 aromatic carbocycles. The van der Waals surface area contributed by atoms with Crippen molar-refractivity contribution in [3.05, 3.63) is 0 Å². The van der Waals surface area contributed by atoms with Gasteiger partial charge in [-0.1, -0.05) is 39.5 Å². The number of unbranched alkanes of at least 4 members (excludes halogenated alkanes) is 4. The highest BCUT2D eigenvalue weighted by Crippen LogP contribution is 1.96. The van der Waals surface area contributed by atoms with Crippen molar-refractivity contribution in [1.29, 1.82) is 0 Å². The molecule has 0 bridgehead atoms. The fraction of sp³-hybridized carbons (Fsp3) is 0.929. The van der Waals surface area contributed by atoms with E-state index in [2.05, 4.69) is 29.5 Å². The van der Waals surface area contributed by atoms with Crippen LogP contribution in [0.15, 0.2) is 4.99 Å². The summed E-state index contributed by atoms with van der Waals surface area (Å²) in [5.41, 5.74) is 0. The molecule has 0 radical (unpaired) electrons. The lowest BCUT2D eigenvalue weighted by molar-refractivity contribution is 0.136. The Balaban J connectivity index is 3.36. The summed E-state index contributed by atoms with van der Waals surface area (Å²) in [6.45, 7) is 7.82. The molecule has 0 heterocycles. The topological polar surface area (TPSA) is 45.7 Å². The number of rotatable bonds is 11. The van der Waals surface area contributed by atoms with Gasteiger partial charge in [0.2, 0.25) is 0 Å². The van der Waals surface area contributed by atoms with Crippen LogP contribution in [0.5, 0.6) is 0 Å². The number of nitrogens with zero attached hydrogens (tertiary/aromatic N) is 1. The van der Waals surface area contributed by atoms with Gasteiger partial charge in [0, 0.05) is 26.7 Å². The van der Waals surface area contributed by atoms with Gasteiger partial charge in [-0.05, 0) is 12.8 Å². The van der Waals surface area contributed by atoms with Gasteiger partial charge in [-0.15, -0.1) is 0 Å². The summed E-state index contributed by atoms with van der Waals surface area (Å²) in [7, 11) is 1.80. The summed E-state index contributed by atoms with van der Waals surface area (Å²) in [6.07, 6.45) is 7.43. The molecule has 0 aliphatic carbocycles. The molecular formula is C14H31N3O. The molecular weight excluding hydrogens is 226 g/mol. The van der Waals surface area contributed by atoms with Crippen LogP contribution in [0.25, 0.3) is 0 Å². The van der Waals surface area contributed by atoms with Gasteiger partial charge in [0.15, 0.2) is 5.96 Å². The molecule has 0 saturated heterocycles. The maximum absolute atomic E-state index is 5.48. The van der Waals surface area contributed by atoms with E-state index in [1.54, 1.807) is 7.05 Å². The lowest BCUT2D eigenvalue weighted by Crippen LogP contribution is -2.39. The fourth-order valence-electron chi connectivity index (χ4n) is 1.57. The molecule has 18 heavy (non-hydrogen) atoms. The Labute approximate surface area is 113 Å². The maximum Gasteiger partial charge on any atom is 0.191 e. The van der Waals surface area contributed by atoms with E-state index in [0.29, 0.717) is 0 Å². The third-order valence-electron chi connectivity index (χ3n) is 2.73. The number of nitrogens with one attached hydrogen (secondary N) is 2. The lowest BCUT2D eigenvalue weighted by atomic mass is 10.2. The molecule has 0 aromatic heterocycles. The number of guanidine groups is 1. The van der Waals surface area contributed by atoms with Crippen LogP contribution < -0.4 is 10.6 Å². The van der Waals surface area contributed by atoms with E-state index in [4.69, 9.17) is 4.74 Å². The first-order valence-electron chi connectivity index (χ1n) is 7.37. The van der Waals surface area contributed by atoms with Gasteiger partial charge in [-0.3, -0.25) is 4.99 Å². The van der Waals surface area contributed by atoms with Gasteiger partial charge in [-0.25, -0.2) is 0 Å². The molecule has 0 unspecified atom stereocenters. The minimum atomic E-state index is 0.747. The van der Waals surface area contributed by atoms with E-state index >= 15 is 0 Å². The van der Waals surface area contributed by atoms with Crippen LogP contribution in [-0.4, -0.2) is 39.3 Å². The fourth-order valence-corrected chi connectivity index (χ4v) is 1.57. The van der Waals surface area contributed by atoms with Gasteiger partial charge in [-0.2, -0.15) is 0 Å². The van der Waals surface area contributed by atoms with Crippen LogP contribution in [0.2, 0.25) is 0 Å². The third kappa shape index (κ3) is 11.7. The van der Waals surface area contributed by atoms with Crippen LogP contribution in [0.1, 0.15) is 52.4 Å². The summed E-state index contributed by atoms with van der Waals surface area (Å²) in [6, 6.07) is 0. The second-order valence-electron chi connectivity index (χ2n) is 4.45. The SMILES string of the molecule is CCCCCCNC(=NC)NCCOCCCC. The third-order valence-corrected chi connectivity index (χ3v) is 2.73. The second kappa shape index (κ2) is 14.3. The highest BCUT2D eigenvalue weighted by molar-refractivity contribution is 5.79. The molecule has 0 saturated carbocycles. The predicted octanol–water partition coefficient (Wildman–Crippen LogP) is 2.55. The Morgan fingerprint density at radius 3 is 2.28 bits per heavy atom. The Morgan fingerprint density at radius 1 is 0.889 bits per heavy atom. The smallest absolute Gasteiger partial charge is 0.191 e. The monoisotopic (exact) mass is 257 g/mol. The summed E-state index contributed by atoms with van der Waals surface area (Å²) in [4.78, 5) is 4.18. The van der Waals surface area contributed by atoms with Gasteiger partial charge < -0.3 is 15.4 Å². The van der Waals surface area contributed by atoms with Gasteiger partial charge in [0.1, 0.15) is 0 Å². The van der Waals surface area contributed by atoms with E-state index in [9.17, 15) is 0 Å². The van der Waals surface area contributed by atoms with Crippen molar-refractivity contribution in [3.8, 4) is 0 Å². The molecule has 108 valence electrons. The van der Waals surface area contributed by atoms with Crippen molar-refractivity contribution in [2.24, 2.45) is 4.99 Å². The minimum Gasteiger partial charge on any atom is -0.380 e. The quantitative estimate of drug-likeness (QED) is 0.340. The average molecular weight is 257 g/mol. The van der Waals surface area contributed by atoms with Crippen molar-refractivity contribution >= 4 is 5.96 Å². The average Bonchev–Trinajstić information content (AvgIpc) is 2.40. The zero-order valence-corrected chi connectivity index (χ0v) is 12.4. The van der Waals surface area contributed by atoms with Crippen LogP contribution in [0.4, 0.5) is 0 Å². The predicted molar refractivity (Wildman–Crippen MR) is 79.2 cm³/mol. The van der Waals surface area contributed by atoms with Crippen LogP contribution in [0, 0.1) is 0 Å². The van der Waals surface area contributed by atoms with Gasteiger partial charge in [0.25, 0.3) is 0 Å². The normalized spacial score (nSPS) is 11.6. The van der Waals surface area contributed by atoms with Crippen molar-refractivity contribution in [2.45, 2.75) is 52.4 Å². The number of ether oxygens (including phenoxy) is 1. The van der Waals surface area contributed by atoms with E-state index in [1.807, 2.05) is 0 Å². The maximum atomic E-state index is 5.48. The van der Waals surface area contributed by atoms with Crippen LogP contribution in [-0.2, 0) is 4.74 Å². The molecule has 0 fully saturated rings. The van der Waals surface area contributed by atoms with E-state index < -0.39 is 0 Å². The Hall–Kier alpha value is -0.770. The van der Waals surface area contributed by atoms with Crippen molar-refractivity contribution in [2.75, 3.05) is 33.4 Å². The second-order valence-corrected chi connectivity index (χ2v) is 4.45. The number of hydrogen-bond acceptors (Lipinski definition) is 2. The van der Waals surface area contributed by atoms with E-state index in [1.165, 1.54) is 32.1 Å². The van der Waals surface area contributed by atoms with E-state index in [0.717, 1.165) is 38.7 Å². The molecule has 0 amide bonds. The van der Waals surface area contributed by atoms with Crippen LogP contribution in [0.3, 0.4) is 0 Å². The van der Waals surface area contributed by atoms with Crippen LogP contribution >= 0.6 is 0 Å². The Morgan fingerprint density at radius 2 is 1.61 bits per heavy atom. The van der Waals surface area contributed by atoms with Gasteiger partial charge in [0.05, 0.1) is 6.61 Å². The molecule has 4 nitrogen and oxygen atoms in total.